The number of aliphatic carboxylic acids is 1. The number of carbonyl (C=O) groups is 3. The molecule has 0 saturated carbocycles. The molecule has 1 rings (SSSR count). The van der Waals surface area contributed by atoms with Gasteiger partial charge in [0.15, 0.2) is 0 Å². The zero-order valence-corrected chi connectivity index (χ0v) is 14.4. The summed E-state index contributed by atoms with van der Waals surface area (Å²) in [4.78, 5) is 31.4. The van der Waals surface area contributed by atoms with Crippen molar-refractivity contribution in [2.45, 2.75) is 51.9 Å². The molecular formula is C18H26O7. The minimum Gasteiger partial charge on any atom is -0.480 e. The van der Waals surface area contributed by atoms with Crippen LogP contribution in [0.15, 0.2) is 18.2 Å². The molecule has 0 bridgehead atoms. The van der Waals surface area contributed by atoms with Crippen LogP contribution >= 0.6 is 0 Å². The van der Waals surface area contributed by atoms with Gasteiger partial charge in [-0.05, 0) is 24.5 Å². The quantitative estimate of drug-likeness (QED) is 0.475. The largest absolute Gasteiger partial charge is 0.480 e. The molecule has 4 N–H and O–H groups in total. The lowest BCUT2D eigenvalue weighted by atomic mass is 9.96. The first-order valence-corrected chi connectivity index (χ1v) is 8.26. The van der Waals surface area contributed by atoms with Gasteiger partial charge in [-0.3, -0.25) is 0 Å². The predicted octanol–water partition coefficient (Wildman–Crippen LogP) is 3.05. The van der Waals surface area contributed by atoms with Crippen molar-refractivity contribution >= 4 is 17.9 Å². The molecule has 0 saturated heterocycles. The van der Waals surface area contributed by atoms with Crippen LogP contribution in [0.5, 0.6) is 0 Å². The smallest absolute Gasteiger partial charge is 0.336 e. The molecule has 0 amide bonds. The Balaban J connectivity index is 0.00000101. The predicted molar refractivity (Wildman–Crippen MR) is 92.2 cm³/mol. The summed E-state index contributed by atoms with van der Waals surface area (Å²) in [5, 5.41) is 33.3. The minimum atomic E-state index is -1.19. The number of benzene rings is 1. The number of hydrogen-bond donors (Lipinski definition) is 4. The average molecular weight is 354 g/mol. The zero-order valence-electron chi connectivity index (χ0n) is 14.4. The first-order valence-electron chi connectivity index (χ1n) is 8.26. The molecule has 1 aromatic rings. The summed E-state index contributed by atoms with van der Waals surface area (Å²) in [5.41, 5.74) is 0.433. The van der Waals surface area contributed by atoms with Crippen molar-refractivity contribution in [3.63, 3.8) is 0 Å². The molecular weight excluding hydrogens is 328 g/mol. The van der Waals surface area contributed by atoms with Crippen molar-refractivity contribution in [2.75, 3.05) is 6.61 Å². The zero-order chi connectivity index (χ0) is 19.2. The molecule has 0 fully saturated rings. The molecule has 0 aliphatic heterocycles. The Hall–Kier alpha value is -2.41. The van der Waals surface area contributed by atoms with Crippen LogP contribution in [0.1, 0.15) is 71.7 Å². The Bertz CT molecular complexity index is 567. The van der Waals surface area contributed by atoms with Crippen LogP contribution in [0, 0.1) is 0 Å². The second-order valence-electron chi connectivity index (χ2n) is 5.52. The van der Waals surface area contributed by atoms with Crippen LogP contribution in [0.25, 0.3) is 0 Å². The molecule has 0 radical (unpaired) electrons. The number of aliphatic hydroxyl groups is 1. The number of aliphatic hydroxyl groups excluding tert-OH is 1. The van der Waals surface area contributed by atoms with Gasteiger partial charge < -0.3 is 20.4 Å². The number of unbranched alkanes of at least 4 members (excludes halogenated alkanes) is 5. The summed E-state index contributed by atoms with van der Waals surface area (Å²) < 4.78 is 0. The van der Waals surface area contributed by atoms with E-state index in [4.69, 9.17) is 20.1 Å². The summed E-state index contributed by atoms with van der Waals surface area (Å²) in [6.45, 7) is 1.39. The average Bonchev–Trinajstić information content (AvgIpc) is 2.57. The molecule has 0 spiro atoms. The maximum Gasteiger partial charge on any atom is 0.336 e. The highest BCUT2D eigenvalue weighted by molar-refractivity contribution is 6.02. The lowest BCUT2D eigenvalue weighted by Crippen LogP contribution is -2.11. The standard InChI is InChI=1S/C16H22O4.C2H4O3/c1-2-3-4-5-6-7-9-12-10-8-11-13(15(17)18)14(12)16(19)20;3-1-2(4)5/h8,10-11H,2-7,9H2,1H3,(H,17,18)(H,19,20);3H,1H2,(H,4,5). The van der Waals surface area contributed by atoms with E-state index in [0.29, 0.717) is 12.0 Å². The van der Waals surface area contributed by atoms with E-state index in [1.807, 2.05) is 0 Å². The highest BCUT2D eigenvalue weighted by Gasteiger charge is 2.19. The molecule has 0 unspecified atom stereocenters. The molecule has 7 nitrogen and oxygen atoms in total. The van der Waals surface area contributed by atoms with Gasteiger partial charge in [0.1, 0.15) is 6.61 Å². The van der Waals surface area contributed by atoms with Crippen molar-refractivity contribution in [1.29, 1.82) is 0 Å². The summed E-state index contributed by atoms with van der Waals surface area (Å²) in [6.07, 6.45) is 7.35. The topological polar surface area (TPSA) is 132 Å². The third kappa shape index (κ3) is 9.46. The van der Waals surface area contributed by atoms with Gasteiger partial charge in [0.25, 0.3) is 0 Å². The second-order valence-corrected chi connectivity index (χ2v) is 5.52. The molecule has 140 valence electrons. The molecule has 7 heteroatoms. The lowest BCUT2D eigenvalue weighted by Gasteiger charge is -2.09. The highest BCUT2D eigenvalue weighted by Crippen LogP contribution is 2.18. The van der Waals surface area contributed by atoms with Crippen molar-refractivity contribution in [2.24, 2.45) is 0 Å². The Morgan fingerprint density at radius 2 is 1.44 bits per heavy atom. The lowest BCUT2D eigenvalue weighted by molar-refractivity contribution is -0.140. The first-order chi connectivity index (χ1) is 11.8. The van der Waals surface area contributed by atoms with E-state index in [0.717, 1.165) is 19.3 Å². The Morgan fingerprint density at radius 1 is 0.880 bits per heavy atom. The van der Waals surface area contributed by atoms with Crippen molar-refractivity contribution < 1.29 is 34.8 Å². The second kappa shape index (κ2) is 12.9. The maximum absolute atomic E-state index is 11.3. The third-order valence-corrected chi connectivity index (χ3v) is 3.53. The van der Waals surface area contributed by atoms with E-state index in [1.165, 1.54) is 25.3 Å². The van der Waals surface area contributed by atoms with Gasteiger partial charge in [-0.1, -0.05) is 51.2 Å². The molecule has 0 aliphatic rings. The van der Waals surface area contributed by atoms with Gasteiger partial charge in [-0.25, -0.2) is 14.4 Å². The normalized spacial score (nSPS) is 9.84. The van der Waals surface area contributed by atoms with Crippen molar-refractivity contribution in [3.8, 4) is 0 Å². The van der Waals surface area contributed by atoms with E-state index >= 15 is 0 Å². The van der Waals surface area contributed by atoms with E-state index in [9.17, 15) is 14.7 Å². The van der Waals surface area contributed by atoms with E-state index in [2.05, 4.69) is 6.92 Å². The summed E-state index contributed by atoms with van der Waals surface area (Å²) in [6, 6.07) is 4.67. The van der Waals surface area contributed by atoms with Crippen LogP contribution in [0.4, 0.5) is 0 Å². The van der Waals surface area contributed by atoms with E-state index in [1.54, 1.807) is 12.1 Å². The van der Waals surface area contributed by atoms with Crippen LogP contribution in [0.2, 0.25) is 0 Å². The number of carboxylic acid groups (broad SMARTS) is 3. The molecule has 0 aliphatic carbocycles. The fraction of sp³-hybridized carbons (Fsp3) is 0.500. The number of rotatable bonds is 10. The van der Waals surface area contributed by atoms with Crippen molar-refractivity contribution in [3.05, 3.63) is 34.9 Å². The molecule has 0 aromatic heterocycles. The van der Waals surface area contributed by atoms with E-state index < -0.39 is 24.5 Å². The number of aromatic carboxylic acids is 2. The molecule has 0 atom stereocenters. The molecule has 25 heavy (non-hydrogen) atoms. The van der Waals surface area contributed by atoms with Gasteiger partial charge >= 0.3 is 17.9 Å². The van der Waals surface area contributed by atoms with Gasteiger partial charge in [0, 0.05) is 0 Å². The van der Waals surface area contributed by atoms with E-state index in [-0.39, 0.29) is 11.1 Å². The summed E-state index contributed by atoms with van der Waals surface area (Å²) in [5.74, 6) is -3.54. The first kappa shape index (κ1) is 22.6. The molecule has 0 heterocycles. The van der Waals surface area contributed by atoms with Crippen LogP contribution in [-0.4, -0.2) is 44.9 Å². The van der Waals surface area contributed by atoms with Crippen LogP contribution in [-0.2, 0) is 11.2 Å². The Morgan fingerprint density at radius 3 is 1.92 bits per heavy atom. The van der Waals surface area contributed by atoms with Gasteiger partial charge in [0.2, 0.25) is 0 Å². The van der Waals surface area contributed by atoms with Crippen molar-refractivity contribution in [1.82, 2.24) is 0 Å². The fourth-order valence-corrected chi connectivity index (χ4v) is 2.34. The number of hydrogen-bond acceptors (Lipinski definition) is 4. The van der Waals surface area contributed by atoms with Gasteiger partial charge in [0.05, 0.1) is 11.1 Å². The molecule has 1 aromatic carbocycles. The Kier molecular flexibility index (Phi) is 11.7. The minimum absolute atomic E-state index is 0.0615. The Labute approximate surface area is 146 Å². The third-order valence-electron chi connectivity index (χ3n) is 3.53. The van der Waals surface area contributed by atoms with Gasteiger partial charge in [-0.15, -0.1) is 0 Å². The fourth-order valence-electron chi connectivity index (χ4n) is 2.34. The maximum atomic E-state index is 11.3. The van der Waals surface area contributed by atoms with Crippen LogP contribution in [0.3, 0.4) is 0 Å². The number of carboxylic acids is 3. The van der Waals surface area contributed by atoms with Crippen LogP contribution < -0.4 is 0 Å². The summed E-state index contributed by atoms with van der Waals surface area (Å²) >= 11 is 0. The summed E-state index contributed by atoms with van der Waals surface area (Å²) in [7, 11) is 0. The highest BCUT2D eigenvalue weighted by atomic mass is 16.4. The SMILES string of the molecule is CCCCCCCCc1cccc(C(=O)O)c1C(=O)O.O=C(O)CO. The monoisotopic (exact) mass is 354 g/mol. The number of aryl methyl sites for hydroxylation is 1. The van der Waals surface area contributed by atoms with Gasteiger partial charge in [-0.2, -0.15) is 0 Å².